The van der Waals surface area contributed by atoms with Gasteiger partial charge in [-0.25, -0.2) is 8.78 Å². The molecule has 1 aromatic heterocycles. The van der Waals surface area contributed by atoms with E-state index in [4.69, 9.17) is 19.0 Å². The quantitative estimate of drug-likeness (QED) is 0.192. The van der Waals surface area contributed by atoms with Gasteiger partial charge in [0, 0.05) is 24.0 Å². The number of carbonyl (C=O) groups excluding carboxylic acids is 1. The van der Waals surface area contributed by atoms with Gasteiger partial charge in [-0.3, -0.25) is 4.79 Å². The second-order valence-corrected chi connectivity index (χ2v) is 8.15. The molecular formula is C25H26F2N4O7. The monoisotopic (exact) mass is 532 g/mol. The van der Waals surface area contributed by atoms with Crippen LogP contribution in [0.15, 0.2) is 46.7 Å². The maximum Gasteiger partial charge on any atom is 0.281 e. The van der Waals surface area contributed by atoms with Gasteiger partial charge in [0.15, 0.2) is 11.4 Å². The van der Waals surface area contributed by atoms with E-state index in [0.29, 0.717) is 36.6 Å². The number of ether oxygens (including phenoxy) is 3. The molecule has 1 amide bonds. The first-order chi connectivity index (χ1) is 18.5. The summed E-state index contributed by atoms with van der Waals surface area (Å²) in [7, 11) is 1.32. The molecule has 1 aliphatic heterocycles. The Hall–Kier alpha value is -3.94. The van der Waals surface area contributed by atoms with Crippen LogP contribution in [0.1, 0.15) is 5.56 Å². The van der Waals surface area contributed by atoms with E-state index in [-0.39, 0.29) is 55.6 Å². The van der Waals surface area contributed by atoms with Gasteiger partial charge in [-0.2, -0.15) is 0 Å². The standard InChI is InChI=1S/C25H26F2N4O7/c1-35-29-23-19-15-17(27)3-5-21(19)31(25(23)33)7-9-37-11-13-38-12-10-36-8-6-30-20-4-2-16(26)14-18(20)22(28-34)24(30)32/h2-5,14-15,32H,6-13H2,1H3/b29-23+. The van der Waals surface area contributed by atoms with Crippen LogP contribution in [0.2, 0.25) is 0 Å². The third kappa shape index (κ3) is 5.79. The molecular weight excluding hydrogens is 506 g/mol. The van der Waals surface area contributed by atoms with Gasteiger partial charge in [-0.05, 0) is 41.6 Å². The van der Waals surface area contributed by atoms with Gasteiger partial charge in [0.1, 0.15) is 18.7 Å². The number of oxime groups is 1. The second kappa shape index (κ2) is 12.5. The number of anilines is 1. The van der Waals surface area contributed by atoms with E-state index in [1.54, 1.807) is 0 Å². The zero-order chi connectivity index (χ0) is 27.1. The highest BCUT2D eigenvalue weighted by Gasteiger charge is 2.34. The minimum atomic E-state index is -0.533. The van der Waals surface area contributed by atoms with Crippen molar-refractivity contribution in [1.29, 1.82) is 0 Å². The van der Waals surface area contributed by atoms with Crippen LogP contribution in [0.5, 0.6) is 5.88 Å². The average Bonchev–Trinajstić information content (AvgIpc) is 3.31. The van der Waals surface area contributed by atoms with Gasteiger partial charge in [0.05, 0.1) is 50.8 Å². The van der Waals surface area contributed by atoms with Crippen molar-refractivity contribution in [2.24, 2.45) is 10.3 Å². The maximum atomic E-state index is 13.6. The van der Waals surface area contributed by atoms with E-state index in [9.17, 15) is 23.6 Å². The molecule has 1 aliphatic rings. The molecule has 38 heavy (non-hydrogen) atoms. The minimum absolute atomic E-state index is 0.0419. The topological polar surface area (TPSA) is 124 Å². The molecule has 0 fully saturated rings. The minimum Gasteiger partial charge on any atom is -0.493 e. The smallest absolute Gasteiger partial charge is 0.281 e. The van der Waals surface area contributed by atoms with Crippen molar-refractivity contribution in [3.8, 4) is 5.88 Å². The molecule has 2 aromatic carbocycles. The fourth-order valence-corrected chi connectivity index (χ4v) is 4.15. The van der Waals surface area contributed by atoms with Crippen LogP contribution < -0.4 is 4.90 Å². The first kappa shape index (κ1) is 27.1. The summed E-state index contributed by atoms with van der Waals surface area (Å²) >= 11 is 0. The number of nitrogens with zero attached hydrogens (tertiary/aromatic N) is 4. The molecule has 11 nitrogen and oxygen atoms in total. The van der Waals surface area contributed by atoms with E-state index in [0.717, 1.165) is 6.07 Å². The van der Waals surface area contributed by atoms with Gasteiger partial charge in [-0.1, -0.05) is 5.16 Å². The molecule has 0 radical (unpaired) electrons. The first-order valence-corrected chi connectivity index (χ1v) is 11.8. The lowest BCUT2D eigenvalue weighted by atomic mass is 10.1. The molecule has 13 heteroatoms. The zero-order valence-electron chi connectivity index (χ0n) is 20.6. The van der Waals surface area contributed by atoms with Crippen molar-refractivity contribution in [2.45, 2.75) is 6.54 Å². The van der Waals surface area contributed by atoms with E-state index in [1.165, 1.54) is 46.9 Å². The number of amides is 1. The summed E-state index contributed by atoms with van der Waals surface area (Å²) in [5, 5.41) is 17.0. The van der Waals surface area contributed by atoms with Gasteiger partial charge >= 0.3 is 0 Å². The van der Waals surface area contributed by atoms with Gasteiger partial charge in [-0.15, -0.1) is 4.91 Å². The van der Waals surface area contributed by atoms with Crippen LogP contribution in [0.25, 0.3) is 10.9 Å². The molecule has 0 saturated heterocycles. The number of hydrogen-bond acceptors (Lipinski definition) is 9. The molecule has 0 bridgehead atoms. The predicted octanol–water partition coefficient (Wildman–Crippen LogP) is 3.47. The summed E-state index contributed by atoms with van der Waals surface area (Å²) < 4.78 is 45.1. The highest BCUT2D eigenvalue weighted by molar-refractivity contribution is 6.54. The van der Waals surface area contributed by atoms with Crippen molar-refractivity contribution < 1.29 is 37.7 Å². The summed E-state index contributed by atoms with van der Waals surface area (Å²) in [6, 6.07) is 7.88. The molecule has 0 aliphatic carbocycles. The molecule has 0 spiro atoms. The van der Waals surface area contributed by atoms with Crippen LogP contribution in [-0.4, -0.2) is 74.6 Å². The van der Waals surface area contributed by atoms with E-state index < -0.39 is 17.5 Å². The van der Waals surface area contributed by atoms with Crippen LogP contribution in [0, 0.1) is 16.5 Å². The Morgan fingerprint density at radius 1 is 0.895 bits per heavy atom. The third-order valence-electron chi connectivity index (χ3n) is 5.86. The average molecular weight is 533 g/mol. The predicted molar refractivity (Wildman–Crippen MR) is 134 cm³/mol. The maximum absolute atomic E-state index is 13.6. The van der Waals surface area contributed by atoms with Crippen molar-refractivity contribution in [3.05, 3.63) is 58.5 Å². The van der Waals surface area contributed by atoms with Crippen molar-refractivity contribution in [2.75, 3.05) is 58.2 Å². The largest absolute Gasteiger partial charge is 0.493 e. The van der Waals surface area contributed by atoms with E-state index >= 15 is 0 Å². The van der Waals surface area contributed by atoms with E-state index in [2.05, 4.69) is 10.3 Å². The summed E-state index contributed by atoms with van der Waals surface area (Å²) in [6.07, 6.45) is 0. The summed E-state index contributed by atoms with van der Waals surface area (Å²) in [4.78, 5) is 29.8. The molecule has 0 atom stereocenters. The highest BCUT2D eigenvalue weighted by atomic mass is 19.1. The molecule has 202 valence electrons. The van der Waals surface area contributed by atoms with E-state index in [1.807, 2.05) is 0 Å². The molecule has 4 rings (SSSR count). The van der Waals surface area contributed by atoms with Crippen LogP contribution in [0.3, 0.4) is 0 Å². The zero-order valence-corrected chi connectivity index (χ0v) is 20.6. The number of carbonyl (C=O) groups is 1. The number of fused-ring (bicyclic) bond motifs is 2. The Labute approximate surface area is 216 Å². The summed E-state index contributed by atoms with van der Waals surface area (Å²) in [6.45, 7) is 2.11. The third-order valence-corrected chi connectivity index (χ3v) is 5.86. The first-order valence-electron chi connectivity index (χ1n) is 11.8. The van der Waals surface area contributed by atoms with Crippen molar-refractivity contribution in [3.63, 3.8) is 0 Å². The number of hydrogen-bond donors (Lipinski definition) is 1. The molecule has 0 unspecified atom stereocenters. The van der Waals surface area contributed by atoms with Gasteiger partial charge in [0.25, 0.3) is 5.91 Å². The Bertz CT molecular complexity index is 1340. The van der Waals surface area contributed by atoms with Gasteiger partial charge < -0.3 is 33.6 Å². The summed E-state index contributed by atoms with van der Waals surface area (Å²) in [5.74, 6) is -1.74. The normalized spacial score (nSPS) is 14.0. The summed E-state index contributed by atoms with van der Waals surface area (Å²) in [5.41, 5.74) is 1.22. The second-order valence-electron chi connectivity index (χ2n) is 8.15. The Morgan fingerprint density at radius 3 is 2.21 bits per heavy atom. The number of halogens is 2. The number of benzene rings is 2. The number of aromatic nitrogens is 1. The highest BCUT2D eigenvalue weighted by Crippen LogP contribution is 2.38. The SMILES string of the molecule is CO/N=C1/C(=O)N(CCOCCOCCOCCn2c(O)c(N=O)c3cc(F)ccc32)c2ccc(F)cc21. The number of nitroso groups, excluding NO2 is 1. The fourth-order valence-electron chi connectivity index (χ4n) is 4.15. The Balaban J connectivity index is 1.12. The van der Waals surface area contributed by atoms with Crippen molar-refractivity contribution >= 4 is 33.9 Å². The lowest BCUT2D eigenvalue weighted by Gasteiger charge is -2.16. The molecule has 2 heterocycles. The van der Waals surface area contributed by atoms with Crippen LogP contribution in [0.4, 0.5) is 20.2 Å². The number of aromatic hydroxyl groups is 1. The lowest BCUT2D eigenvalue weighted by molar-refractivity contribution is -0.112. The molecule has 3 aromatic rings. The Morgan fingerprint density at radius 2 is 1.53 bits per heavy atom. The van der Waals surface area contributed by atoms with Crippen LogP contribution >= 0.6 is 0 Å². The Kier molecular flexibility index (Phi) is 8.94. The lowest BCUT2D eigenvalue weighted by Crippen LogP contribution is -2.33. The molecule has 1 N–H and O–H groups in total. The number of rotatable bonds is 14. The fraction of sp³-hybridized carbons (Fsp3) is 0.360. The van der Waals surface area contributed by atoms with Crippen molar-refractivity contribution in [1.82, 2.24) is 4.57 Å². The van der Waals surface area contributed by atoms with Crippen LogP contribution in [-0.2, 0) is 30.4 Å². The molecule has 0 saturated carbocycles. The van der Waals surface area contributed by atoms with Gasteiger partial charge in [0.2, 0.25) is 5.88 Å².